The zero-order chi connectivity index (χ0) is 17.8. The van der Waals surface area contributed by atoms with Crippen LogP contribution in [0.1, 0.15) is 10.4 Å². The van der Waals surface area contributed by atoms with E-state index < -0.39 is 23.4 Å². The highest BCUT2D eigenvalue weighted by atomic mass is 19.1. The Morgan fingerprint density at radius 1 is 1.00 bits per heavy atom. The van der Waals surface area contributed by atoms with Crippen molar-refractivity contribution in [3.63, 3.8) is 0 Å². The fraction of sp³-hybridized carbons (Fsp3) is 0.176. The number of hydrogen-bond acceptors (Lipinski definition) is 4. The van der Waals surface area contributed by atoms with Crippen molar-refractivity contribution in [2.24, 2.45) is 0 Å². The standard InChI is InChI=1S/C17H14F2N2O4/c18-10-1-3-12(13(19)7-10)17(23)20-9-16(22)21-11-2-4-14-15(8-11)25-6-5-24-14/h1-4,7-8H,5-6,9H2,(H,20,23)(H,21,22). The first kappa shape index (κ1) is 16.7. The van der Waals surface area contributed by atoms with Crippen molar-refractivity contribution in [3.05, 3.63) is 53.6 Å². The van der Waals surface area contributed by atoms with Crippen LogP contribution in [0, 0.1) is 11.6 Å². The first-order chi connectivity index (χ1) is 12.0. The Balaban J connectivity index is 1.56. The number of ether oxygens (including phenoxy) is 2. The summed E-state index contributed by atoms with van der Waals surface area (Å²) in [7, 11) is 0. The lowest BCUT2D eigenvalue weighted by atomic mass is 10.2. The van der Waals surface area contributed by atoms with Crippen molar-refractivity contribution in [2.45, 2.75) is 0 Å². The third-order valence-electron chi connectivity index (χ3n) is 3.41. The molecular formula is C17H14F2N2O4. The van der Waals surface area contributed by atoms with Crippen LogP contribution in [0.3, 0.4) is 0 Å². The van der Waals surface area contributed by atoms with Crippen LogP contribution in [0.5, 0.6) is 11.5 Å². The molecule has 0 aromatic heterocycles. The van der Waals surface area contributed by atoms with Crippen molar-refractivity contribution >= 4 is 17.5 Å². The van der Waals surface area contributed by atoms with Crippen molar-refractivity contribution in [1.82, 2.24) is 5.32 Å². The second kappa shape index (κ2) is 7.16. The van der Waals surface area contributed by atoms with E-state index in [0.29, 0.717) is 36.5 Å². The maximum Gasteiger partial charge on any atom is 0.254 e. The molecule has 25 heavy (non-hydrogen) atoms. The number of halogens is 2. The van der Waals surface area contributed by atoms with E-state index in [1.165, 1.54) is 0 Å². The van der Waals surface area contributed by atoms with E-state index in [9.17, 15) is 18.4 Å². The summed E-state index contributed by atoms with van der Waals surface area (Å²) >= 11 is 0. The summed E-state index contributed by atoms with van der Waals surface area (Å²) in [5.74, 6) is -2.00. The molecule has 3 rings (SSSR count). The van der Waals surface area contributed by atoms with Gasteiger partial charge in [-0.15, -0.1) is 0 Å². The zero-order valence-electron chi connectivity index (χ0n) is 13.0. The minimum absolute atomic E-state index is 0.339. The van der Waals surface area contributed by atoms with Gasteiger partial charge >= 0.3 is 0 Å². The van der Waals surface area contributed by atoms with E-state index in [-0.39, 0.29) is 12.1 Å². The number of anilines is 1. The number of fused-ring (bicyclic) bond motifs is 1. The van der Waals surface area contributed by atoms with Gasteiger partial charge in [-0.25, -0.2) is 8.78 Å². The third-order valence-corrected chi connectivity index (χ3v) is 3.41. The highest BCUT2D eigenvalue weighted by Gasteiger charge is 2.15. The first-order valence-corrected chi connectivity index (χ1v) is 7.45. The maximum absolute atomic E-state index is 13.5. The van der Waals surface area contributed by atoms with E-state index in [2.05, 4.69) is 10.6 Å². The average Bonchev–Trinajstić information content (AvgIpc) is 2.59. The van der Waals surface area contributed by atoms with Crippen molar-refractivity contribution in [3.8, 4) is 11.5 Å². The molecule has 2 amide bonds. The summed E-state index contributed by atoms with van der Waals surface area (Å²) in [5, 5.41) is 4.85. The van der Waals surface area contributed by atoms with Crippen molar-refractivity contribution in [2.75, 3.05) is 25.1 Å². The van der Waals surface area contributed by atoms with Crippen LogP contribution >= 0.6 is 0 Å². The fourth-order valence-electron chi connectivity index (χ4n) is 2.26. The summed E-state index contributed by atoms with van der Waals surface area (Å²) in [6.45, 7) is 0.512. The molecule has 6 nitrogen and oxygen atoms in total. The summed E-state index contributed by atoms with van der Waals surface area (Å²) in [4.78, 5) is 23.7. The molecule has 130 valence electrons. The number of carbonyl (C=O) groups is 2. The van der Waals surface area contributed by atoms with Gasteiger partial charge in [-0.05, 0) is 24.3 Å². The van der Waals surface area contributed by atoms with Crippen LogP contribution in [0.15, 0.2) is 36.4 Å². The SMILES string of the molecule is O=C(CNC(=O)c1ccc(F)cc1F)Nc1ccc2c(c1)OCCO2. The molecule has 1 heterocycles. The summed E-state index contributed by atoms with van der Waals surface area (Å²) < 4.78 is 37.1. The lowest BCUT2D eigenvalue weighted by Crippen LogP contribution is -2.33. The minimum atomic E-state index is -0.996. The monoisotopic (exact) mass is 348 g/mol. The Morgan fingerprint density at radius 2 is 1.76 bits per heavy atom. The maximum atomic E-state index is 13.5. The van der Waals surface area contributed by atoms with E-state index >= 15 is 0 Å². The first-order valence-electron chi connectivity index (χ1n) is 7.45. The van der Waals surface area contributed by atoms with Gasteiger partial charge < -0.3 is 20.1 Å². The van der Waals surface area contributed by atoms with E-state index in [4.69, 9.17) is 9.47 Å². The Kier molecular flexibility index (Phi) is 4.78. The smallest absolute Gasteiger partial charge is 0.254 e. The molecule has 2 N–H and O–H groups in total. The fourth-order valence-corrected chi connectivity index (χ4v) is 2.26. The second-order valence-corrected chi connectivity index (χ2v) is 5.21. The molecule has 0 spiro atoms. The molecule has 0 aliphatic carbocycles. The number of amides is 2. The number of nitrogens with one attached hydrogen (secondary N) is 2. The van der Waals surface area contributed by atoms with Crippen LogP contribution < -0.4 is 20.1 Å². The van der Waals surface area contributed by atoms with Gasteiger partial charge in [0.25, 0.3) is 5.91 Å². The topological polar surface area (TPSA) is 76.7 Å². The summed E-state index contributed by atoms with van der Waals surface area (Å²) in [6.07, 6.45) is 0. The highest BCUT2D eigenvalue weighted by molar-refractivity contribution is 5.99. The minimum Gasteiger partial charge on any atom is -0.486 e. The summed E-state index contributed by atoms with van der Waals surface area (Å²) in [6, 6.07) is 7.48. The van der Waals surface area contributed by atoms with Gasteiger partial charge in [-0.3, -0.25) is 9.59 Å². The van der Waals surface area contributed by atoms with Gasteiger partial charge in [0.15, 0.2) is 11.5 Å². The summed E-state index contributed by atoms with van der Waals surface area (Å²) in [5.41, 5.74) is 0.130. The molecular weight excluding hydrogens is 334 g/mol. The molecule has 8 heteroatoms. The van der Waals surface area contributed by atoms with Crippen molar-refractivity contribution < 1.29 is 27.8 Å². The van der Waals surface area contributed by atoms with Gasteiger partial charge in [0.1, 0.15) is 24.8 Å². The largest absolute Gasteiger partial charge is 0.486 e. The number of carbonyl (C=O) groups excluding carboxylic acids is 2. The molecule has 0 radical (unpaired) electrons. The van der Waals surface area contributed by atoms with E-state index in [0.717, 1.165) is 12.1 Å². The number of benzene rings is 2. The van der Waals surface area contributed by atoms with Gasteiger partial charge in [0.2, 0.25) is 5.91 Å². The van der Waals surface area contributed by atoms with Gasteiger partial charge in [-0.2, -0.15) is 0 Å². The number of rotatable bonds is 4. The van der Waals surface area contributed by atoms with Gasteiger partial charge in [0, 0.05) is 17.8 Å². The molecule has 0 atom stereocenters. The third kappa shape index (κ3) is 4.03. The van der Waals surface area contributed by atoms with Crippen LogP contribution in [-0.4, -0.2) is 31.6 Å². The number of hydrogen-bond donors (Lipinski definition) is 2. The highest BCUT2D eigenvalue weighted by Crippen LogP contribution is 2.32. The van der Waals surface area contributed by atoms with Gasteiger partial charge in [0.05, 0.1) is 12.1 Å². The van der Waals surface area contributed by atoms with Gasteiger partial charge in [-0.1, -0.05) is 0 Å². The second-order valence-electron chi connectivity index (χ2n) is 5.21. The molecule has 1 aliphatic rings. The van der Waals surface area contributed by atoms with E-state index in [1.807, 2.05) is 0 Å². The quantitative estimate of drug-likeness (QED) is 0.887. The average molecular weight is 348 g/mol. The normalized spacial score (nSPS) is 12.4. The van der Waals surface area contributed by atoms with Crippen LogP contribution in [0.4, 0.5) is 14.5 Å². The molecule has 0 fully saturated rings. The Morgan fingerprint density at radius 3 is 2.52 bits per heavy atom. The Labute approximate surface area is 141 Å². The van der Waals surface area contributed by atoms with Crippen LogP contribution in [0.25, 0.3) is 0 Å². The molecule has 0 saturated carbocycles. The van der Waals surface area contributed by atoms with Crippen LogP contribution in [-0.2, 0) is 4.79 Å². The zero-order valence-corrected chi connectivity index (χ0v) is 13.0. The molecule has 0 unspecified atom stereocenters. The predicted octanol–water partition coefficient (Wildman–Crippen LogP) is 2.10. The molecule has 2 aromatic carbocycles. The van der Waals surface area contributed by atoms with E-state index in [1.54, 1.807) is 18.2 Å². The van der Waals surface area contributed by atoms with Crippen molar-refractivity contribution in [1.29, 1.82) is 0 Å². The molecule has 1 aliphatic heterocycles. The van der Waals surface area contributed by atoms with Crippen LogP contribution in [0.2, 0.25) is 0 Å². The lowest BCUT2D eigenvalue weighted by molar-refractivity contribution is -0.115. The molecule has 2 aromatic rings. The predicted molar refractivity (Wildman–Crippen MR) is 84.8 cm³/mol. The molecule has 0 saturated heterocycles. The Hall–Kier alpha value is -3.16. The molecule has 0 bridgehead atoms. The lowest BCUT2D eigenvalue weighted by Gasteiger charge is -2.19. The Bertz CT molecular complexity index is 826.